The molecule has 0 aliphatic rings. The highest BCUT2D eigenvalue weighted by Gasteiger charge is 2.17. The highest BCUT2D eigenvalue weighted by atomic mass is 32.1. The van der Waals surface area contributed by atoms with Gasteiger partial charge in [-0.1, -0.05) is 13.8 Å². The maximum absolute atomic E-state index is 12.4. The first-order chi connectivity index (χ1) is 8.91. The summed E-state index contributed by atoms with van der Waals surface area (Å²) in [5.74, 6) is 0.0148. The van der Waals surface area contributed by atoms with E-state index in [-0.39, 0.29) is 5.56 Å². The van der Waals surface area contributed by atoms with E-state index in [0.29, 0.717) is 33.1 Å². The van der Waals surface area contributed by atoms with Crippen molar-refractivity contribution in [3.05, 3.63) is 27.1 Å². The normalized spacial score (nSPS) is 11.4. The van der Waals surface area contributed by atoms with Gasteiger partial charge in [-0.2, -0.15) is 0 Å². The van der Waals surface area contributed by atoms with Crippen LogP contribution >= 0.6 is 11.3 Å². The molecule has 5 nitrogen and oxygen atoms in total. The van der Waals surface area contributed by atoms with E-state index in [9.17, 15) is 9.59 Å². The predicted molar refractivity (Wildman–Crippen MR) is 76.6 cm³/mol. The number of nitrogens with zero attached hydrogens (tertiary/aromatic N) is 2. The first-order valence-corrected chi connectivity index (χ1v) is 7.01. The smallest absolute Gasteiger partial charge is 0.262 e. The zero-order valence-corrected chi connectivity index (χ0v) is 12.1. The largest absolute Gasteiger partial charge is 0.365 e. The van der Waals surface area contributed by atoms with Gasteiger partial charge in [0.05, 0.1) is 16.6 Å². The number of hydrogen-bond donors (Lipinski definition) is 1. The Morgan fingerprint density at radius 3 is 2.79 bits per heavy atom. The third-order valence-electron chi connectivity index (χ3n) is 3.09. The number of primary amides is 1. The number of nitrogens with two attached hydrogens (primary N) is 1. The number of carbonyl (C=O) groups excluding carboxylic acids is 1. The van der Waals surface area contributed by atoms with E-state index < -0.39 is 5.91 Å². The fourth-order valence-electron chi connectivity index (χ4n) is 1.95. The third kappa shape index (κ3) is 2.53. The number of hydrogen-bond acceptors (Lipinski definition) is 4. The van der Waals surface area contributed by atoms with Crippen molar-refractivity contribution < 1.29 is 4.79 Å². The van der Waals surface area contributed by atoms with Crippen LogP contribution < -0.4 is 11.3 Å². The molecule has 0 atom stereocenters. The van der Waals surface area contributed by atoms with E-state index in [1.807, 2.05) is 0 Å². The molecule has 0 aliphatic heterocycles. The van der Waals surface area contributed by atoms with Crippen LogP contribution in [-0.2, 0) is 6.54 Å². The minimum absolute atomic E-state index is 0.0908. The molecule has 2 heterocycles. The van der Waals surface area contributed by atoms with Gasteiger partial charge in [0.25, 0.3) is 11.5 Å². The fourth-order valence-corrected chi connectivity index (χ4v) is 2.94. The van der Waals surface area contributed by atoms with E-state index in [1.165, 1.54) is 11.3 Å². The van der Waals surface area contributed by atoms with Crippen molar-refractivity contribution in [3.63, 3.8) is 0 Å². The van der Waals surface area contributed by atoms with Gasteiger partial charge in [0.15, 0.2) is 0 Å². The summed E-state index contributed by atoms with van der Waals surface area (Å²) in [6.45, 7) is 6.60. The molecule has 0 saturated heterocycles. The topological polar surface area (TPSA) is 78.0 Å². The number of carbonyl (C=O) groups is 1. The van der Waals surface area contributed by atoms with E-state index in [4.69, 9.17) is 5.73 Å². The van der Waals surface area contributed by atoms with Crippen molar-refractivity contribution in [3.8, 4) is 0 Å². The molecule has 1 amide bonds. The third-order valence-corrected chi connectivity index (χ3v) is 4.30. The highest BCUT2D eigenvalue weighted by Crippen LogP contribution is 2.26. The van der Waals surface area contributed by atoms with Crippen LogP contribution in [0, 0.1) is 12.8 Å². The summed E-state index contributed by atoms with van der Waals surface area (Å²) >= 11 is 1.18. The Labute approximate surface area is 115 Å². The summed E-state index contributed by atoms with van der Waals surface area (Å²) in [4.78, 5) is 28.9. The molecule has 2 aromatic rings. The second-order valence-electron chi connectivity index (χ2n) is 5.03. The van der Waals surface area contributed by atoms with Crippen molar-refractivity contribution in [1.82, 2.24) is 9.55 Å². The van der Waals surface area contributed by atoms with E-state index >= 15 is 0 Å². The lowest BCUT2D eigenvalue weighted by Gasteiger charge is -2.07. The Morgan fingerprint density at radius 2 is 2.21 bits per heavy atom. The van der Waals surface area contributed by atoms with Crippen LogP contribution in [0.5, 0.6) is 0 Å². The van der Waals surface area contributed by atoms with Crippen LogP contribution in [0.15, 0.2) is 11.1 Å². The molecule has 19 heavy (non-hydrogen) atoms. The molecule has 0 radical (unpaired) electrons. The lowest BCUT2D eigenvalue weighted by molar-refractivity contribution is 0.100. The lowest BCUT2D eigenvalue weighted by atomic mass is 10.1. The molecule has 0 aliphatic carbocycles. The Morgan fingerprint density at radius 1 is 1.53 bits per heavy atom. The van der Waals surface area contributed by atoms with Crippen molar-refractivity contribution in [2.75, 3.05) is 0 Å². The summed E-state index contributed by atoms with van der Waals surface area (Å²) in [6, 6.07) is 0. The quantitative estimate of drug-likeness (QED) is 0.928. The van der Waals surface area contributed by atoms with Crippen molar-refractivity contribution in [2.45, 2.75) is 33.7 Å². The summed E-state index contributed by atoms with van der Waals surface area (Å²) in [7, 11) is 0. The van der Waals surface area contributed by atoms with E-state index in [2.05, 4.69) is 18.8 Å². The number of aromatic nitrogens is 2. The first-order valence-electron chi connectivity index (χ1n) is 6.20. The SMILES string of the molecule is Cc1c(C(N)=O)sc2ncn(CCC(C)C)c(=O)c12. The fraction of sp³-hybridized carbons (Fsp3) is 0.462. The molecule has 102 valence electrons. The minimum atomic E-state index is -0.506. The van der Waals surface area contributed by atoms with Crippen molar-refractivity contribution in [1.29, 1.82) is 0 Å². The van der Waals surface area contributed by atoms with Gasteiger partial charge in [-0.05, 0) is 24.8 Å². The van der Waals surface area contributed by atoms with Crippen LogP contribution in [0.3, 0.4) is 0 Å². The van der Waals surface area contributed by atoms with Crippen molar-refractivity contribution in [2.24, 2.45) is 11.7 Å². The zero-order valence-electron chi connectivity index (χ0n) is 11.3. The van der Waals surface area contributed by atoms with E-state index in [0.717, 1.165) is 6.42 Å². The Balaban J connectivity index is 2.55. The average molecular weight is 279 g/mol. The molecule has 6 heteroatoms. The zero-order chi connectivity index (χ0) is 14.2. The molecular weight excluding hydrogens is 262 g/mol. The standard InChI is InChI=1S/C13H17N3O2S/c1-7(2)4-5-16-6-15-12-9(13(16)18)8(3)10(19-12)11(14)17/h6-7H,4-5H2,1-3H3,(H2,14,17). The molecule has 0 fully saturated rings. The molecule has 0 saturated carbocycles. The Kier molecular flexibility index (Phi) is 3.71. The van der Waals surface area contributed by atoms with Crippen LogP contribution in [0.1, 0.15) is 35.5 Å². The maximum Gasteiger partial charge on any atom is 0.262 e. The molecular formula is C13H17N3O2S. The number of thiophene rings is 1. The Hall–Kier alpha value is -1.69. The number of aryl methyl sites for hydroxylation is 2. The van der Waals surface area contributed by atoms with Gasteiger partial charge in [-0.3, -0.25) is 14.2 Å². The van der Waals surface area contributed by atoms with Gasteiger partial charge in [-0.25, -0.2) is 4.98 Å². The number of fused-ring (bicyclic) bond motifs is 1. The average Bonchev–Trinajstić information content (AvgIpc) is 2.66. The monoisotopic (exact) mass is 279 g/mol. The van der Waals surface area contributed by atoms with Gasteiger partial charge in [0, 0.05) is 6.54 Å². The molecule has 0 spiro atoms. The van der Waals surface area contributed by atoms with Gasteiger partial charge >= 0.3 is 0 Å². The van der Waals surface area contributed by atoms with Crippen LogP contribution in [0.2, 0.25) is 0 Å². The number of amides is 1. The van der Waals surface area contributed by atoms with E-state index in [1.54, 1.807) is 17.8 Å². The minimum Gasteiger partial charge on any atom is -0.365 e. The molecule has 0 aromatic carbocycles. The summed E-state index contributed by atoms with van der Waals surface area (Å²) in [6.07, 6.45) is 2.46. The van der Waals surface area contributed by atoms with Gasteiger partial charge < -0.3 is 5.73 Å². The number of rotatable bonds is 4. The molecule has 0 bridgehead atoms. The van der Waals surface area contributed by atoms with Crippen LogP contribution in [0.4, 0.5) is 0 Å². The second kappa shape index (κ2) is 5.13. The summed E-state index contributed by atoms with van der Waals surface area (Å²) < 4.78 is 1.60. The Bertz CT molecular complexity index is 685. The molecule has 2 rings (SSSR count). The highest BCUT2D eigenvalue weighted by molar-refractivity contribution is 7.20. The van der Waals surface area contributed by atoms with Crippen LogP contribution in [-0.4, -0.2) is 15.5 Å². The second-order valence-corrected chi connectivity index (χ2v) is 6.03. The molecule has 2 aromatic heterocycles. The van der Waals surface area contributed by atoms with Crippen molar-refractivity contribution >= 4 is 27.5 Å². The first kappa shape index (κ1) is 13.7. The van der Waals surface area contributed by atoms with Crippen LogP contribution in [0.25, 0.3) is 10.2 Å². The summed E-state index contributed by atoms with van der Waals surface area (Å²) in [5, 5.41) is 0.519. The van der Waals surface area contributed by atoms with Gasteiger partial charge in [-0.15, -0.1) is 11.3 Å². The lowest BCUT2D eigenvalue weighted by Crippen LogP contribution is -2.21. The summed E-state index contributed by atoms with van der Waals surface area (Å²) in [5.41, 5.74) is 5.85. The molecule has 0 unspecified atom stereocenters. The van der Waals surface area contributed by atoms with Gasteiger partial charge in [0.1, 0.15) is 4.83 Å². The molecule has 2 N–H and O–H groups in total. The van der Waals surface area contributed by atoms with Gasteiger partial charge in [0.2, 0.25) is 0 Å². The predicted octanol–water partition coefficient (Wildman–Crippen LogP) is 1.91. The maximum atomic E-state index is 12.4.